The minimum absolute atomic E-state index is 0.132. The third-order valence-electron chi connectivity index (χ3n) is 8.04. The van der Waals surface area contributed by atoms with Gasteiger partial charge in [0.25, 0.3) is 0 Å². The molecule has 1 aromatic heterocycles. The Labute approximate surface area is 138 Å². The van der Waals surface area contributed by atoms with Crippen LogP contribution in [-0.2, 0) is 16.6 Å². The molecule has 1 aromatic rings. The summed E-state index contributed by atoms with van der Waals surface area (Å²) in [5.74, 6) is 0.280. The van der Waals surface area contributed by atoms with Crippen LogP contribution < -0.4 is 0 Å². The predicted octanol–water partition coefficient (Wildman–Crippen LogP) is 4.79. The normalized spacial score (nSPS) is 45.7. The van der Waals surface area contributed by atoms with Gasteiger partial charge in [0.15, 0.2) is 0 Å². The van der Waals surface area contributed by atoms with Crippen LogP contribution >= 0.6 is 0 Å². The number of rotatable bonds is 1. The van der Waals surface area contributed by atoms with Crippen molar-refractivity contribution in [3.05, 3.63) is 23.7 Å². The fourth-order valence-corrected chi connectivity index (χ4v) is 6.87. The molecule has 0 aliphatic heterocycles. The van der Waals surface area contributed by atoms with Crippen molar-refractivity contribution >= 4 is 5.97 Å². The standard InChI is InChI=1S/C20H28O3/c1-18-10-7-16-19(2,8-4-9-20(16,3)17(21)22)15(18)6-5-13-11-23-12-14(13)18/h11-12,15-16H,4-10H2,1-3H3,(H,21,22)/t15-,16+,18?,19+,20-/m0/s1. The van der Waals surface area contributed by atoms with Crippen LogP contribution in [0, 0.1) is 22.7 Å². The number of carboxylic acids is 1. The molecule has 2 saturated carbocycles. The molecular formula is C20H28O3. The van der Waals surface area contributed by atoms with Crippen LogP contribution in [0.4, 0.5) is 0 Å². The van der Waals surface area contributed by atoms with Crippen LogP contribution in [0.1, 0.15) is 70.4 Å². The van der Waals surface area contributed by atoms with E-state index < -0.39 is 11.4 Å². The molecule has 5 atom stereocenters. The molecule has 0 spiro atoms. The quantitative estimate of drug-likeness (QED) is 0.810. The highest BCUT2D eigenvalue weighted by Gasteiger charge is 2.62. The largest absolute Gasteiger partial charge is 0.481 e. The molecular weight excluding hydrogens is 288 g/mol. The van der Waals surface area contributed by atoms with Gasteiger partial charge >= 0.3 is 5.97 Å². The van der Waals surface area contributed by atoms with Crippen LogP contribution in [0.3, 0.4) is 0 Å². The van der Waals surface area contributed by atoms with E-state index in [-0.39, 0.29) is 10.8 Å². The van der Waals surface area contributed by atoms with Crippen molar-refractivity contribution in [1.29, 1.82) is 0 Å². The Bertz CT molecular complexity index is 647. The first-order valence-electron chi connectivity index (χ1n) is 9.11. The average Bonchev–Trinajstić information content (AvgIpc) is 2.96. The molecule has 126 valence electrons. The Morgan fingerprint density at radius 1 is 1.13 bits per heavy atom. The first-order chi connectivity index (χ1) is 10.8. The zero-order valence-corrected chi connectivity index (χ0v) is 14.5. The smallest absolute Gasteiger partial charge is 0.309 e. The van der Waals surface area contributed by atoms with Crippen LogP contribution in [0.2, 0.25) is 0 Å². The lowest BCUT2D eigenvalue weighted by atomic mass is 9.40. The Morgan fingerprint density at radius 2 is 1.91 bits per heavy atom. The number of carboxylic acid groups (broad SMARTS) is 1. The molecule has 0 bridgehead atoms. The van der Waals surface area contributed by atoms with Crippen molar-refractivity contribution in [2.75, 3.05) is 0 Å². The van der Waals surface area contributed by atoms with Crippen molar-refractivity contribution in [3.8, 4) is 0 Å². The van der Waals surface area contributed by atoms with Crippen molar-refractivity contribution in [2.24, 2.45) is 22.7 Å². The lowest BCUT2D eigenvalue weighted by Gasteiger charge is -2.63. The Kier molecular flexibility index (Phi) is 3.09. The van der Waals surface area contributed by atoms with Crippen LogP contribution in [0.5, 0.6) is 0 Å². The zero-order valence-electron chi connectivity index (χ0n) is 14.5. The van der Waals surface area contributed by atoms with E-state index in [9.17, 15) is 9.90 Å². The van der Waals surface area contributed by atoms with Crippen molar-refractivity contribution in [1.82, 2.24) is 0 Å². The third-order valence-corrected chi connectivity index (χ3v) is 8.04. The van der Waals surface area contributed by atoms with Gasteiger partial charge in [0, 0.05) is 0 Å². The molecule has 0 aromatic carbocycles. The molecule has 1 N–H and O–H groups in total. The maximum absolute atomic E-state index is 12.1. The summed E-state index contributed by atoms with van der Waals surface area (Å²) in [6, 6.07) is 0. The highest BCUT2D eigenvalue weighted by molar-refractivity contribution is 5.75. The molecule has 23 heavy (non-hydrogen) atoms. The van der Waals surface area contributed by atoms with E-state index >= 15 is 0 Å². The van der Waals surface area contributed by atoms with Gasteiger partial charge < -0.3 is 9.52 Å². The molecule has 1 heterocycles. The van der Waals surface area contributed by atoms with E-state index in [1.54, 1.807) is 0 Å². The zero-order chi connectivity index (χ0) is 16.5. The predicted molar refractivity (Wildman–Crippen MR) is 88.3 cm³/mol. The van der Waals surface area contributed by atoms with Gasteiger partial charge in [0.05, 0.1) is 17.9 Å². The molecule has 3 nitrogen and oxygen atoms in total. The summed E-state index contributed by atoms with van der Waals surface area (Å²) >= 11 is 0. The topological polar surface area (TPSA) is 50.4 Å². The van der Waals surface area contributed by atoms with E-state index in [4.69, 9.17) is 4.42 Å². The molecule has 3 aliphatic rings. The van der Waals surface area contributed by atoms with E-state index in [0.717, 1.165) is 32.1 Å². The van der Waals surface area contributed by atoms with Gasteiger partial charge in [-0.1, -0.05) is 20.3 Å². The van der Waals surface area contributed by atoms with E-state index in [1.165, 1.54) is 24.0 Å². The maximum Gasteiger partial charge on any atom is 0.309 e. The van der Waals surface area contributed by atoms with Crippen molar-refractivity contribution in [3.63, 3.8) is 0 Å². The average molecular weight is 316 g/mol. The van der Waals surface area contributed by atoms with Gasteiger partial charge in [-0.3, -0.25) is 4.79 Å². The second kappa shape index (κ2) is 4.64. The van der Waals surface area contributed by atoms with Gasteiger partial charge in [0.1, 0.15) is 0 Å². The monoisotopic (exact) mass is 316 g/mol. The highest BCUT2D eigenvalue weighted by Crippen LogP contribution is 2.66. The summed E-state index contributed by atoms with van der Waals surface area (Å²) in [5, 5.41) is 9.92. The Morgan fingerprint density at radius 3 is 2.65 bits per heavy atom. The summed E-state index contributed by atoms with van der Waals surface area (Å²) in [5.41, 5.74) is 2.51. The number of aryl methyl sites for hydroxylation is 1. The number of fused-ring (bicyclic) bond motifs is 5. The molecule has 0 amide bonds. The number of furan rings is 1. The Hall–Kier alpha value is -1.25. The lowest BCUT2D eigenvalue weighted by molar-refractivity contribution is -0.172. The minimum Gasteiger partial charge on any atom is -0.481 e. The molecule has 2 fully saturated rings. The SMILES string of the molecule is CC12CC[C@@H]3[C@](C)(CCC[C@]3(C)C(=O)O)[C@H]1CCc1cocc12. The third kappa shape index (κ3) is 1.79. The molecule has 0 saturated heterocycles. The number of hydrogen-bond donors (Lipinski definition) is 1. The summed E-state index contributed by atoms with van der Waals surface area (Å²) in [6.45, 7) is 6.80. The van der Waals surface area contributed by atoms with Gasteiger partial charge in [0.2, 0.25) is 0 Å². The Balaban J connectivity index is 1.80. The highest BCUT2D eigenvalue weighted by atomic mass is 16.4. The summed E-state index contributed by atoms with van der Waals surface area (Å²) in [4.78, 5) is 12.1. The minimum atomic E-state index is -0.586. The van der Waals surface area contributed by atoms with Gasteiger partial charge in [-0.2, -0.15) is 0 Å². The van der Waals surface area contributed by atoms with Crippen LogP contribution in [0.15, 0.2) is 16.9 Å². The van der Waals surface area contributed by atoms with Gasteiger partial charge in [-0.25, -0.2) is 0 Å². The van der Waals surface area contributed by atoms with Crippen molar-refractivity contribution < 1.29 is 14.3 Å². The number of hydrogen-bond acceptors (Lipinski definition) is 2. The van der Waals surface area contributed by atoms with E-state index in [2.05, 4.69) is 13.8 Å². The second-order valence-electron chi connectivity index (χ2n) is 8.99. The molecule has 3 aliphatic carbocycles. The maximum atomic E-state index is 12.1. The second-order valence-corrected chi connectivity index (χ2v) is 8.99. The first kappa shape index (κ1) is 15.3. The fraction of sp³-hybridized carbons (Fsp3) is 0.750. The van der Waals surface area contributed by atoms with Gasteiger partial charge in [-0.05, 0) is 79.2 Å². The fourth-order valence-electron chi connectivity index (χ4n) is 6.87. The molecule has 1 unspecified atom stereocenters. The summed E-state index contributed by atoms with van der Waals surface area (Å²) in [6.07, 6.45) is 11.3. The molecule has 0 radical (unpaired) electrons. The molecule has 4 rings (SSSR count). The summed E-state index contributed by atoms with van der Waals surface area (Å²) < 4.78 is 5.54. The van der Waals surface area contributed by atoms with Gasteiger partial charge in [-0.15, -0.1) is 0 Å². The molecule has 3 heteroatoms. The van der Waals surface area contributed by atoms with Crippen LogP contribution in [-0.4, -0.2) is 11.1 Å². The van der Waals surface area contributed by atoms with E-state index in [0.29, 0.717) is 11.8 Å². The van der Waals surface area contributed by atoms with Crippen LogP contribution in [0.25, 0.3) is 0 Å². The number of aliphatic carboxylic acids is 1. The lowest BCUT2D eigenvalue weighted by Crippen LogP contribution is -2.59. The number of carbonyl (C=O) groups is 1. The first-order valence-corrected chi connectivity index (χ1v) is 9.11. The summed E-state index contributed by atoms with van der Waals surface area (Å²) in [7, 11) is 0. The van der Waals surface area contributed by atoms with Crippen molar-refractivity contribution in [2.45, 2.75) is 71.1 Å². The van der Waals surface area contributed by atoms with E-state index in [1.807, 2.05) is 19.5 Å².